The van der Waals surface area contributed by atoms with Gasteiger partial charge in [0.2, 0.25) is 0 Å². The molecule has 1 aliphatic rings. The molecule has 200 valence electrons. The number of nitrogens with one attached hydrogen (secondary N) is 1. The van der Waals surface area contributed by atoms with Crippen molar-refractivity contribution < 1.29 is 27.5 Å². The SMILES string of the molecule is CNC(=O)c1c(-c2ccc(F)cc2)oc2ccc(-c3ccc4c(n3)C(=O)N(C(C)c3ccc(F)cc3)CO4)cc12. The van der Waals surface area contributed by atoms with Crippen molar-refractivity contribution in [3.05, 3.63) is 107 Å². The van der Waals surface area contributed by atoms with Gasteiger partial charge in [-0.25, -0.2) is 13.8 Å². The van der Waals surface area contributed by atoms with Crippen LogP contribution in [-0.4, -0.2) is 35.5 Å². The van der Waals surface area contributed by atoms with Gasteiger partial charge in [0.05, 0.1) is 17.3 Å². The number of carbonyl (C=O) groups excluding carboxylic acids is 2. The number of benzene rings is 3. The van der Waals surface area contributed by atoms with Crippen LogP contribution >= 0.6 is 0 Å². The molecule has 0 bridgehead atoms. The summed E-state index contributed by atoms with van der Waals surface area (Å²) < 4.78 is 38.8. The van der Waals surface area contributed by atoms with Gasteiger partial charge in [-0.3, -0.25) is 14.5 Å². The number of carbonyl (C=O) groups is 2. The molecule has 2 aromatic heterocycles. The second-order valence-electron chi connectivity index (χ2n) is 9.42. The molecule has 6 rings (SSSR count). The third-order valence-electron chi connectivity index (χ3n) is 7.05. The molecule has 1 unspecified atom stereocenters. The molecule has 0 radical (unpaired) electrons. The van der Waals surface area contributed by atoms with Crippen molar-refractivity contribution in [1.82, 2.24) is 15.2 Å². The average Bonchev–Trinajstić information content (AvgIpc) is 3.36. The van der Waals surface area contributed by atoms with Gasteiger partial charge in [-0.1, -0.05) is 12.1 Å². The van der Waals surface area contributed by atoms with Crippen LogP contribution in [-0.2, 0) is 0 Å². The molecular formula is C31H23F2N3O4. The van der Waals surface area contributed by atoms with E-state index < -0.39 is 5.82 Å². The topological polar surface area (TPSA) is 84.7 Å². The second-order valence-corrected chi connectivity index (χ2v) is 9.42. The molecule has 0 saturated carbocycles. The molecule has 2 amide bonds. The van der Waals surface area contributed by atoms with E-state index in [1.807, 2.05) is 6.92 Å². The first-order valence-corrected chi connectivity index (χ1v) is 12.6. The average molecular weight is 540 g/mol. The van der Waals surface area contributed by atoms with E-state index in [-0.39, 0.29) is 36.1 Å². The number of nitrogens with zero attached hydrogens (tertiary/aromatic N) is 2. The largest absolute Gasteiger partial charge is 0.471 e. The maximum absolute atomic E-state index is 13.5. The van der Waals surface area contributed by atoms with Crippen LogP contribution in [0.2, 0.25) is 0 Å². The number of amides is 2. The Balaban J connectivity index is 1.39. The van der Waals surface area contributed by atoms with Crippen LogP contribution in [0.4, 0.5) is 8.78 Å². The molecule has 3 aromatic carbocycles. The first-order valence-electron chi connectivity index (χ1n) is 12.6. The fourth-order valence-corrected chi connectivity index (χ4v) is 4.83. The Morgan fingerprint density at radius 1 is 0.950 bits per heavy atom. The van der Waals surface area contributed by atoms with Crippen molar-refractivity contribution in [2.45, 2.75) is 13.0 Å². The molecule has 7 nitrogen and oxygen atoms in total. The zero-order valence-electron chi connectivity index (χ0n) is 21.6. The second kappa shape index (κ2) is 9.92. The van der Waals surface area contributed by atoms with Gasteiger partial charge in [-0.2, -0.15) is 0 Å². The van der Waals surface area contributed by atoms with E-state index in [0.29, 0.717) is 44.9 Å². The number of halogens is 2. The van der Waals surface area contributed by atoms with Gasteiger partial charge in [0, 0.05) is 23.6 Å². The minimum absolute atomic E-state index is 0.0357. The van der Waals surface area contributed by atoms with Gasteiger partial charge in [0.1, 0.15) is 23.0 Å². The summed E-state index contributed by atoms with van der Waals surface area (Å²) in [5.74, 6) is -0.736. The number of pyridine rings is 1. The zero-order valence-corrected chi connectivity index (χ0v) is 21.6. The highest BCUT2D eigenvalue weighted by molar-refractivity contribution is 6.11. The smallest absolute Gasteiger partial charge is 0.279 e. The molecule has 0 saturated heterocycles. The van der Waals surface area contributed by atoms with Gasteiger partial charge in [0.25, 0.3) is 11.8 Å². The molecule has 9 heteroatoms. The molecule has 3 heterocycles. The summed E-state index contributed by atoms with van der Waals surface area (Å²) in [5, 5.41) is 3.19. The summed E-state index contributed by atoms with van der Waals surface area (Å²) in [6.07, 6.45) is 0. The number of furan rings is 1. The normalized spacial score (nSPS) is 13.6. The lowest BCUT2D eigenvalue weighted by molar-refractivity contribution is 0.0394. The highest BCUT2D eigenvalue weighted by atomic mass is 19.1. The number of ether oxygens (including phenoxy) is 1. The summed E-state index contributed by atoms with van der Waals surface area (Å²) in [5.41, 5.74) is 3.42. The molecule has 0 aliphatic carbocycles. The summed E-state index contributed by atoms with van der Waals surface area (Å²) in [6, 6.07) is 20.0. The van der Waals surface area contributed by atoms with Gasteiger partial charge < -0.3 is 14.5 Å². The predicted octanol–water partition coefficient (Wildman–Crippen LogP) is 6.35. The number of fused-ring (bicyclic) bond motifs is 2. The van der Waals surface area contributed by atoms with Gasteiger partial charge >= 0.3 is 0 Å². The summed E-state index contributed by atoms with van der Waals surface area (Å²) in [6.45, 7) is 1.88. The van der Waals surface area contributed by atoms with E-state index >= 15 is 0 Å². The molecule has 0 fully saturated rings. The maximum Gasteiger partial charge on any atom is 0.279 e. The minimum Gasteiger partial charge on any atom is -0.471 e. The van der Waals surface area contributed by atoms with Crippen LogP contribution in [0.3, 0.4) is 0 Å². The fourth-order valence-electron chi connectivity index (χ4n) is 4.83. The number of aromatic nitrogens is 1. The van der Waals surface area contributed by atoms with E-state index in [2.05, 4.69) is 10.3 Å². The predicted molar refractivity (Wildman–Crippen MR) is 145 cm³/mol. The van der Waals surface area contributed by atoms with E-state index in [0.717, 1.165) is 5.56 Å². The van der Waals surface area contributed by atoms with Crippen LogP contribution in [0.25, 0.3) is 33.6 Å². The van der Waals surface area contributed by atoms with Crippen LogP contribution < -0.4 is 10.1 Å². The molecular weight excluding hydrogens is 516 g/mol. The van der Waals surface area contributed by atoms with E-state index in [1.165, 1.54) is 36.2 Å². The number of hydrogen-bond acceptors (Lipinski definition) is 5. The van der Waals surface area contributed by atoms with E-state index in [4.69, 9.17) is 9.15 Å². The lowest BCUT2D eigenvalue weighted by Gasteiger charge is -2.33. The number of rotatable bonds is 5. The first kappa shape index (κ1) is 25.2. The Bertz CT molecular complexity index is 1760. The van der Waals surface area contributed by atoms with Crippen molar-refractivity contribution in [1.29, 1.82) is 0 Å². The van der Waals surface area contributed by atoms with Crippen molar-refractivity contribution in [2.24, 2.45) is 0 Å². The molecule has 40 heavy (non-hydrogen) atoms. The van der Waals surface area contributed by atoms with Crippen molar-refractivity contribution >= 4 is 22.8 Å². The molecule has 5 aromatic rings. The Morgan fingerprint density at radius 3 is 2.33 bits per heavy atom. The van der Waals surface area contributed by atoms with Crippen molar-refractivity contribution in [2.75, 3.05) is 13.8 Å². The third kappa shape index (κ3) is 4.35. The standard InChI is InChI=1S/C31H23F2N3O4/c1-17(18-3-8-21(32)9-4-18)36-16-39-26-14-12-24(35-28(26)31(36)38)20-7-13-25-23(15-20)27(30(37)34-2)29(40-25)19-5-10-22(33)11-6-19/h3-15,17H,16H2,1-2H3,(H,34,37). The summed E-state index contributed by atoms with van der Waals surface area (Å²) in [7, 11) is 1.52. The molecule has 1 atom stereocenters. The minimum atomic E-state index is -0.397. The van der Waals surface area contributed by atoms with Crippen molar-refractivity contribution in [3.63, 3.8) is 0 Å². The highest BCUT2D eigenvalue weighted by Crippen LogP contribution is 2.37. The lowest BCUT2D eigenvalue weighted by Crippen LogP contribution is -2.40. The fraction of sp³-hybridized carbons (Fsp3) is 0.129. The summed E-state index contributed by atoms with van der Waals surface area (Å²) >= 11 is 0. The Kier molecular flexibility index (Phi) is 6.26. The molecule has 0 spiro atoms. The zero-order chi connectivity index (χ0) is 28.0. The molecule has 1 N–H and O–H groups in total. The van der Waals surface area contributed by atoms with Crippen LogP contribution in [0.5, 0.6) is 5.75 Å². The van der Waals surface area contributed by atoms with Gasteiger partial charge in [-0.15, -0.1) is 0 Å². The van der Waals surface area contributed by atoms with Crippen LogP contribution in [0.1, 0.15) is 39.4 Å². The lowest BCUT2D eigenvalue weighted by atomic mass is 10.0. The van der Waals surface area contributed by atoms with E-state index in [1.54, 1.807) is 54.6 Å². The first-order chi connectivity index (χ1) is 19.3. The van der Waals surface area contributed by atoms with Crippen LogP contribution in [0.15, 0.2) is 83.3 Å². The monoisotopic (exact) mass is 539 g/mol. The van der Waals surface area contributed by atoms with Crippen molar-refractivity contribution in [3.8, 4) is 28.3 Å². The Labute approximate surface area is 228 Å². The molecule has 1 aliphatic heterocycles. The van der Waals surface area contributed by atoms with Gasteiger partial charge in [-0.05, 0) is 79.2 Å². The van der Waals surface area contributed by atoms with E-state index in [9.17, 15) is 18.4 Å². The van der Waals surface area contributed by atoms with Gasteiger partial charge in [0.15, 0.2) is 18.2 Å². The third-order valence-corrected chi connectivity index (χ3v) is 7.05. The Morgan fingerprint density at radius 2 is 1.62 bits per heavy atom. The maximum atomic E-state index is 13.5. The highest BCUT2D eigenvalue weighted by Gasteiger charge is 2.32. The van der Waals surface area contributed by atoms with Crippen LogP contribution in [0, 0.1) is 11.6 Å². The summed E-state index contributed by atoms with van der Waals surface area (Å²) in [4.78, 5) is 32.6. The quantitative estimate of drug-likeness (QED) is 0.281. The number of hydrogen-bond donors (Lipinski definition) is 1. The Hall–Kier alpha value is -5.05.